The Bertz CT molecular complexity index is 1040. The molecule has 1 unspecified atom stereocenters. The summed E-state index contributed by atoms with van der Waals surface area (Å²) in [6.07, 6.45) is 6.28. The van der Waals surface area contributed by atoms with E-state index >= 15 is 0 Å². The second-order valence-corrected chi connectivity index (χ2v) is 8.28. The van der Waals surface area contributed by atoms with Gasteiger partial charge in [-0.1, -0.05) is 24.3 Å². The summed E-state index contributed by atoms with van der Waals surface area (Å²) in [5.74, 6) is 0.573. The minimum atomic E-state index is -3.21. The average Bonchev–Trinajstić information content (AvgIpc) is 3.02. The zero-order valence-corrected chi connectivity index (χ0v) is 15.5. The maximum atomic E-state index is 11.4. The predicted molar refractivity (Wildman–Crippen MR) is 105 cm³/mol. The molecular formula is C18H23N5O2S. The van der Waals surface area contributed by atoms with E-state index in [4.69, 9.17) is 5.73 Å². The largest absolute Gasteiger partial charge is 0.382 e. The molecule has 2 heterocycles. The number of imidazole rings is 1. The molecule has 1 aromatic carbocycles. The number of hydrogen-bond donors (Lipinski definition) is 2. The fourth-order valence-electron chi connectivity index (χ4n) is 3.11. The highest BCUT2D eigenvalue weighted by molar-refractivity contribution is 7.88. The van der Waals surface area contributed by atoms with Crippen LogP contribution in [-0.2, 0) is 16.6 Å². The third kappa shape index (κ3) is 4.03. The lowest BCUT2D eigenvalue weighted by Crippen LogP contribution is -2.28. The molecule has 0 saturated carbocycles. The van der Waals surface area contributed by atoms with E-state index in [9.17, 15) is 8.42 Å². The molecule has 1 atom stereocenters. The lowest BCUT2D eigenvalue weighted by atomic mass is 10.0. The first-order valence-electron chi connectivity index (χ1n) is 8.43. The van der Waals surface area contributed by atoms with Gasteiger partial charge in [0.1, 0.15) is 5.52 Å². The number of benzene rings is 1. The maximum Gasteiger partial charge on any atom is 0.208 e. The Kier molecular flexibility index (Phi) is 5.24. The molecule has 0 fully saturated rings. The van der Waals surface area contributed by atoms with Crippen LogP contribution >= 0.6 is 0 Å². The first kappa shape index (κ1) is 18.3. The molecule has 0 spiro atoms. The molecule has 0 saturated heterocycles. The van der Waals surface area contributed by atoms with Gasteiger partial charge in [0.25, 0.3) is 0 Å². The van der Waals surface area contributed by atoms with Crippen molar-refractivity contribution in [1.29, 1.82) is 0 Å². The zero-order chi connectivity index (χ0) is 18.7. The third-order valence-electron chi connectivity index (χ3n) is 4.39. The normalized spacial score (nSPS) is 13.3. The van der Waals surface area contributed by atoms with Crippen LogP contribution in [-0.4, -0.2) is 35.8 Å². The number of sulfonamides is 1. The van der Waals surface area contributed by atoms with Crippen LogP contribution in [0.3, 0.4) is 0 Å². The molecular weight excluding hydrogens is 350 g/mol. The van der Waals surface area contributed by atoms with Gasteiger partial charge in [-0.3, -0.25) is 0 Å². The fourth-order valence-corrected chi connectivity index (χ4v) is 3.64. The van der Waals surface area contributed by atoms with Crippen molar-refractivity contribution in [1.82, 2.24) is 19.3 Å². The quantitative estimate of drug-likeness (QED) is 0.590. The molecule has 138 valence electrons. The number of allylic oxidation sites excluding steroid dienone is 1. The Morgan fingerprint density at radius 2 is 2.15 bits per heavy atom. The molecule has 3 rings (SSSR count). The van der Waals surface area contributed by atoms with Crippen LogP contribution in [0.5, 0.6) is 0 Å². The van der Waals surface area contributed by atoms with Gasteiger partial charge in [0.15, 0.2) is 5.82 Å². The molecule has 0 aliphatic carbocycles. The van der Waals surface area contributed by atoms with Crippen molar-refractivity contribution in [2.24, 2.45) is 5.92 Å². The summed E-state index contributed by atoms with van der Waals surface area (Å²) in [6.45, 7) is 4.86. The Balaban J connectivity index is 1.87. The van der Waals surface area contributed by atoms with E-state index in [1.54, 1.807) is 6.33 Å². The van der Waals surface area contributed by atoms with Gasteiger partial charge in [-0.2, -0.15) is 0 Å². The molecule has 0 aliphatic rings. The molecule has 3 aromatic rings. The highest BCUT2D eigenvalue weighted by atomic mass is 32.2. The third-order valence-corrected chi connectivity index (χ3v) is 5.08. The predicted octanol–water partition coefficient (Wildman–Crippen LogP) is 2.30. The van der Waals surface area contributed by atoms with E-state index in [0.717, 1.165) is 29.3 Å². The number of rotatable bonds is 8. The highest BCUT2D eigenvalue weighted by Crippen LogP contribution is 2.27. The molecule has 0 radical (unpaired) electrons. The summed E-state index contributed by atoms with van der Waals surface area (Å²) >= 11 is 0. The van der Waals surface area contributed by atoms with Gasteiger partial charge in [-0.15, -0.1) is 6.58 Å². The van der Waals surface area contributed by atoms with Gasteiger partial charge in [0.2, 0.25) is 10.0 Å². The number of anilines is 1. The van der Waals surface area contributed by atoms with Crippen LogP contribution < -0.4 is 10.5 Å². The number of aromatic nitrogens is 3. The SMILES string of the molecule is C=CCC(CCn1cnc2c(N)nc3ccccc3c21)CNS(C)(=O)=O. The molecule has 26 heavy (non-hydrogen) atoms. The minimum absolute atomic E-state index is 0.158. The molecule has 2 aromatic heterocycles. The van der Waals surface area contributed by atoms with Crippen LogP contribution in [0.1, 0.15) is 12.8 Å². The van der Waals surface area contributed by atoms with Crippen molar-refractivity contribution in [3.8, 4) is 0 Å². The Hall–Kier alpha value is -2.45. The Morgan fingerprint density at radius 3 is 2.88 bits per heavy atom. The number of nitrogens with one attached hydrogen (secondary N) is 1. The fraction of sp³-hybridized carbons (Fsp3) is 0.333. The molecule has 7 nitrogen and oxygen atoms in total. The molecule has 0 amide bonds. The van der Waals surface area contributed by atoms with E-state index in [1.807, 2.05) is 30.3 Å². The number of nitrogens with zero attached hydrogens (tertiary/aromatic N) is 3. The number of nitrogens with two attached hydrogens (primary N) is 1. The van der Waals surface area contributed by atoms with Gasteiger partial charge < -0.3 is 10.3 Å². The number of nitrogen functional groups attached to an aromatic ring is 1. The van der Waals surface area contributed by atoms with Crippen molar-refractivity contribution < 1.29 is 8.42 Å². The van der Waals surface area contributed by atoms with E-state index in [-0.39, 0.29) is 5.92 Å². The molecule has 8 heteroatoms. The topological polar surface area (TPSA) is 103 Å². The summed E-state index contributed by atoms with van der Waals surface area (Å²) in [6, 6.07) is 7.83. The number of aryl methyl sites for hydroxylation is 1. The van der Waals surface area contributed by atoms with Crippen LogP contribution in [0, 0.1) is 5.92 Å². The summed E-state index contributed by atoms with van der Waals surface area (Å²) in [4.78, 5) is 8.83. The second-order valence-electron chi connectivity index (χ2n) is 6.45. The van der Waals surface area contributed by atoms with E-state index in [0.29, 0.717) is 24.4 Å². The van der Waals surface area contributed by atoms with Crippen LogP contribution in [0.25, 0.3) is 21.9 Å². The van der Waals surface area contributed by atoms with Crippen LogP contribution in [0.4, 0.5) is 5.82 Å². The smallest absolute Gasteiger partial charge is 0.208 e. The number of hydrogen-bond acceptors (Lipinski definition) is 5. The molecule has 3 N–H and O–H groups in total. The van der Waals surface area contributed by atoms with Gasteiger partial charge >= 0.3 is 0 Å². The number of para-hydroxylation sites is 1. The Labute approximate surface area is 153 Å². The maximum absolute atomic E-state index is 11.4. The lowest BCUT2D eigenvalue weighted by Gasteiger charge is -2.16. The summed E-state index contributed by atoms with van der Waals surface area (Å²) in [5, 5.41) is 1.00. The summed E-state index contributed by atoms with van der Waals surface area (Å²) in [7, 11) is -3.21. The molecule has 0 aliphatic heterocycles. The first-order chi connectivity index (χ1) is 12.4. The minimum Gasteiger partial charge on any atom is -0.382 e. The van der Waals surface area contributed by atoms with Crippen molar-refractivity contribution >= 4 is 37.8 Å². The van der Waals surface area contributed by atoms with E-state index in [1.165, 1.54) is 6.26 Å². The van der Waals surface area contributed by atoms with Gasteiger partial charge in [0.05, 0.1) is 23.6 Å². The highest BCUT2D eigenvalue weighted by Gasteiger charge is 2.14. The lowest BCUT2D eigenvalue weighted by molar-refractivity contribution is 0.447. The first-order valence-corrected chi connectivity index (χ1v) is 10.3. The monoisotopic (exact) mass is 373 g/mol. The van der Waals surface area contributed by atoms with Crippen molar-refractivity contribution in [3.63, 3.8) is 0 Å². The van der Waals surface area contributed by atoms with E-state index in [2.05, 4.69) is 25.8 Å². The summed E-state index contributed by atoms with van der Waals surface area (Å²) in [5.41, 5.74) is 8.54. The van der Waals surface area contributed by atoms with Crippen molar-refractivity contribution in [3.05, 3.63) is 43.2 Å². The number of fused-ring (bicyclic) bond motifs is 3. The number of pyridine rings is 1. The second kappa shape index (κ2) is 7.43. The van der Waals surface area contributed by atoms with Crippen molar-refractivity contribution in [2.45, 2.75) is 19.4 Å². The van der Waals surface area contributed by atoms with E-state index < -0.39 is 10.0 Å². The van der Waals surface area contributed by atoms with Crippen LogP contribution in [0.15, 0.2) is 43.2 Å². The standard InChI is InChI=1S/C18H23N5O2S/c1-3-6-13(11-21-26(2,24)25)9-10-23-12-20-16-17(23)14-7-4-5-8-15(14)22-18(16)19/h3-5,7-8,12-13,21H,1,6,9-11H2,2H3,(H2,19,22). The zero-order valence-electron chi connectivity index (χ0n) is 14.7. The Morgan fingerprint density at radius 1 is 1.38 bits per heavy atom. The summed E-state index contributed by atoms with van der Waals surface area (Å²) < 4.78 is 27.4. The average molecular weight is 373 g/mol. The van der Waals surface area contributed by atoms with Gasteiger partial charge in [-0.05, 0) is 24.8 Å². The van der Waals surface area contributed by atoms with Gasteiger partial charge in [-0.25, -0.2) is 23.1 Å². The molecule has 0 bridgehead atoms. The van der Waals surface area contributed by atoms with Crippen molar-refractivity contribution in [2.75, 3.05) is 18.5 Å². The van der Waals surface area contributed by atoms with Crippen LogP contribution in [0.2, 0.25) is 0 Å². The van der Waals surface area contributed by atoms with Gasteiger partial charge in [0, 0.05) is 18.5 Å².